The fraction of sp³-hybridized carbons (Fsp3) is 0.160. The van der Waals surface area contributed by atoms with Crippen molar-refractivity contribution in [3.63, 3.8) is 0 Å². The van der Waals surface area contributed by atoms with Crippen molar-refractivity contribution in [2.45, 2.75) is 13.5 Å². The standard InChI is InChI=1S/C25H23N3O5/c1-16-7-4-5-8-19(16)25-28-27-22(33-25)15-32-18-13-11-17(12-14-18)26-24(29)20-9-6-10-21(30-2)23(20)31-3/h4-14H,15H2,1-3H3,(H,26,29). The number of hydrogen-bond donors (Lipinski definition) is 1. The highest BCUT2D eigenvalue weighted by Gasteiger charge is 2.16. The summed E-state index contributed by atoms with van der Waals surface area (Å²) in [5, 5.41) is 11.0. The Morgan fingerprint density at radius 3 is 2.45 bits per heavy atom. The SMILES string of the molecule is COc1cccc(C(=O)Nc2ccc(OCc3nnc(-c4ccccc4C)o3)cc2)c1OC. The minimum Gasteiger partial charge on any atom is -0.493 e. The number of methoxy groups -OCH3 is 2. The Hall–Kier alpha value is -4.33. The van der Waals surface area contributed by atoms with Crippen molar-refractivity contribution in [1.29, 1.82) is 0 Å². The van der Waals surface area contributed by atoms with Crippen molar-refractivity contribution in [2.24, 2.45) is 0 Å². The fourth-order valence-corrected chi connectivity index (χ4v) is 3.28. The Morgan fingerprint density at radius 2 is 1.73 bits per heavy atom. The second kappa shape index (κ2) is 9.86. The van der Waals surface area contributed by atoms with Gasteiger partial charge in [0.25, 0.3) is 11.8 Å². The van der Waals surface area contributed by atoms with Crippen molar-refractivity contribution in [3.8, 4) is 28.7 Å². The normalized spacial score (nSPS) is 10.5. The summed E-state index contributed by atoms with van der Waals surface area (Å²) >= 11 is 0. The molecule has 1 N–H and O–H groups in total. The average Bonchev–Trinajstić information content (AvgIpc) is 3.32. The number of benzene rings is 3. The lowest BCUT2D eigenvalue weighted by atomic mass is 10.1. The molecule has 4 aromatic rings. The van der Waals surface area contributed by atoms with E-state index in [1.165, 1.54) is 14.2 Å². The van der Waals surface area contributed by atoms with E-state index < -0.39 is 0 Å². The topological polar surface area (TPSA) is 95.7 Å². The molecule has 0 radical (unpaired) electrons. The van der Waals surface area contributed by atoms with Gasteiger partial charge in [-0.15, -0.1) is 10.2 Å². The smallest absolute Gasteiger partial charge is 0.259 e. The monoisotopic (exact) mass is 445 g/mol. The molecule has 33 heavy (non-hydrogen) atoms. The summed E-state index contributed by atoms with van der Waals surface area (Å²) in [7, 11) is 3.02. The molecule has 3 aromatic carbocycles. The molecule has 1 aromatic heterocycles. The summed E-state index contributed by atoms with van der Waals surface area (Å²) in [6.45, 7) is 2.12. The van der Waals surface area contributed by atoms with Gasteiger partial charge in [0.15, 0.2) is 18.1 Å². The maximum atomic E-state index is 12.7. The van der Waals surface area contributed by atoms with Crippen LogP contribution in [0.5, 0.6) is 17.2 Å². The van der Waals surface area contributed by atoms with Crippen molar-refractivity contribution in [1.82, 2.24) is 10.2 Å². The van der Waals surface area contributed by atoms with Crippen molar-refractivity contribution >= 4 is 11.6 Å². The number of amides is 1. The number of carbonyl (C=O) groups is 1. The van der Waals surface area contributed by atoms with Gasteiger partial charge in [-0.25, -0.2) is 0 Å². The Bertz CT molecular complexity index is 1250. The number of nitrogens with zero attached hydrogens (tertiary/aromatic N) is 2. The quantitative estimate of drug-likeness (QED) is 0.412. The predicted octanol–water partition coefficient (Wildman–Crippen LogP) is 4.89. The Labute approximate surface area is 191 Å². The van der Waals surface area contributed by atoms with Crippen LogP contribution in [-0.4, -0.2) is 30.3 Å². The minimum atomic E-state index is -0.311. The van der Waals surface area contributed by atoms with Crippen LogP contribution in [0.3, 0.4) is 0 Å². The number of aryl methyl sites for hydroxylation is 1. The molecule has 0 atom stereocenters. The average molecular weight is 445 g/mol. The molecule has 1 heterocycles. The zero-order valence-corrected chi connectivity index (χ0v) is 18.5. The first-order valence-electron chi connectivity index (χ1n) is 10.2. The van der Waals surface area contributed by atoms with Crippen molar-refractivity contribution in [3.05, 3.63) is 83.7 Å². The molecule has 0 unspecified atom stereocenters. The molecule has 4 rings (SSSR count). The first-order chi connectivity index (χ1) is 16.1. The number of aromatic nitrogens is 2. The van der Waals surface area contributed by atoms with Gasteiger partial charge in [0, 0.05) is 11.3 Å². The van der Waals surface area contributed by atoms with Gasteiger partial charge in [0.2, 0.25) is 5.89 Å². The summed E-state index contributed by atoms with van der Waals surface area (Å²) in [5.74, 6) is 1.98. The third-order valence-corrected chi connectivity index (χ3v) is 4.96. The molecule has 0 aliphatic rings. The first-order valence-corrected chi connectivity index (χ1v) is 10.2. The summed E-state index contributed by atoms with van der Waals surface area (Å²) in [4.78, 5) is 12.7. The maximum Gasteiger partial charge on any atom is 0.259 e. The first kappa shape index (κ1) is 21.9. The van der Waals surface area contributed by atoms with Gasteiger partial charge in [0.1, 0.15) is 5.75 Å². The molecule has 8 heteroatoms. The van der Waals surface area contributed by atoms with Crippen LogP contribution in [0.1, 0.15) is 21.8 Å². The lowest BCUT2D eigenvalue weighted by Gasteiger charge is -2.12. The van der Waals surface area contributed by atoms with Gasteiger partial charge in [0.05, 0.1) is 19.8 Å². The highest BCUT2D eigenvalue weighted by atomic mass is 16.5. The van der Waals surface area contributed by atoms with E-state index >= 15 is 0 Å². The van der Waals surface area contributed by atoms with Crippen LogP contribution >= 0.6 is 0 Å². The summed E-state index contributed by atoms with van der Waals surface area (Å²) in [5.41, 5.74) is 2.93. The zero-order chi connectivity index (χ0) is 23.2. The lowest BCUT2D eigenvalue weighted by Crippen LogP contribution is -2.13. The van der Waals surface area contributed by atoms with E-state index in [-0.39, 0.29) is 12.5 Å². The van der Waals surface area contributed by atoms with Crippen LogP contribution in [0.2, 0.25) is 0 Å². The second-order valence-corrected chi connectivity index (χ2v) is 7.12. The van der Waals surface area contributed by atoms with Crippen LogP contribution < -0.4 is 19.5 Å². The van der Waals surface area contributed by atoms with Crippen molar-refractivity contribution in [2.75, 3.05) is 19.5 Å². The molecule has 8 nitrogen and oxygen atoms in total. The maximum absolute atomic E-state index is 12.7. The van der Waals surface area contributed by atoms with Crippen LogP contribution in [0.25, 0.3) is 11.5 Å². The number of ether oxygens (including phenoxy) is 3. The van der Waals surface area contributed by atoms with Gasteiger partial charge in [-0.2, -0.15) is 0 Å². The highest BCUT2D eigenvalue weighted by Crippen LogP contribution is 2.31. The number of hydrogen-bond acceptors (Lipinski definition) is 7. The van der Waals surface area contributed by atoms with E-state index in [9.17, 15) is 4.79 Å². The molecule has 0 spiro atoms. The van der Waals surface area contributed by atoms with Crippen LogP contribution in [-0.2, 0) is 6.61 Å². The fourth-order valence-electron chi connectivity index (χ4n) is 3.28. The van der Waals surface area contributed by atoms with Crippen LogP contribution in [0, 0.1) is 6.92 Å². The van der Waals surface area contributed by atoms with Gasteiger partial charge in [-0.05, 0) is 55.0 Å². The van der Waals surface area contributed by atoms with Crippen LogP contribution in [0.15, 0.2) is 71.1 Å². The summed E-state index contributed by atoms with van der Waals surface area (Å²) in [6.07, 6.45) is 0. The summed E-state index contributed by atoms with van der Waals surface area (Å²) in [6, 6.07) is 19.9. The number of anilines is 1. The molecule has 168 valence electrons. The van der Waals surface area contributed by atoms with Crippen LogP contribution in [0.4, 0.5) is 5.69 Å². The lowest BCUT2D eigenvalue weighted by molar-refractivity contribution is 0.102. The molecular formula is C25H23N3O5. The molecule has 0 bridgehead atoms. The number of carbonyl (C=O) groups excluding carboxylic acids is 1. The Balaban J connectivity index is 1.38. The molecule has 0 aliphatic heterocycles. The predicted molar refractivity (Wildman–Crippen MR) is 123 cm³/mol. The largest absolute Gasteiger partial charge is 0.493 e. The second-order valence-electron chi connectivity index (χ2n) is 7.12. The Morgan fingerprint density at radius 1 is 0.939 bits per heavy atom. The molecule has 0 fully saturated rings. The molecule has 1 amide bonds. The third kappa shape index (κ3) is 4.95. The molecular weight excluding hydrogens is 422 g/mol. The minimum absolute atomic E-state index is 0.131. The third-order valence-electron chi connectivity index (χ3n) is 4.96. The van der Waals surface area contributed by atoms with Gasteiger partial charge in [-0.1, -0.05) is 24.3 Å². The van der Waals surface area contributed by atoms with E-state index in [2.05, 4.69) is 15.5 Å². The van der Waals surface area contributed by atoms with Gasteiger partial charge in [-0.3, -0.25) is 4.79 Å². The van der Waals surface area contributed by atoms with E-state index in [4.69, 9.17) is 18.6 Å². The zero-order valence-electron chi connectivity index (χ0n) is 18.5. The molecule has 0 saturated carbocycles. The highest BCUT2D eigenvalue weighted by molar-refractivity contribution is 6.06. The number of rotatable bonds is 8. The Kier molecular flexibility index (Phi) is 6.54. The number of nitrogens with one attached hydrogen (secondary N) is 1. The van der Waals surface area contributed by atoms with Gasteiger partial charge < -0.3 is 23.9 Å². The summed E-state index contributed by atoms with van der Waals surface area (Å²) < 4.78 is 22.0. The molecule has 0 saturated heterocycles. The van der Waals surface area contributed by atoms with E-state index in [1.807, 2.05) is 31.2 Å². The number of para-hydroxylation sites is 1. The van der Waals surface area contributed by atoms with Crippen molar-refractivity contribution < 1.29 is 23.4 Å². The van der Waals surface area contributed by atoms with E-state index in [1.54, 1.807) is 42.5 Å². The van der Waals surface area contributed by atoms with E-state index in [0.717, 1.165) is 11.1 Å². The van der Waals surface area contributed by atoms with E-state index in [0.29, 0.717) is 40.3 Å². The van der Waals surface area contributed by atoms with Gasteiger partial charge >= 0.3 is 0 Å². The molecule has 0 aliphatic carbocycles.